The van der Waals surface area contributed by atoms with Crippen LogP contribution >= 0.6 is 0 Å². The van der Waals surface area contributed by atoms with Gasteiger partial charge in [0.05, 0.1) is 13.2 Å². The highest BCUT2D eigenvalue weighted by Crippen LogP contribution is 2.27. The molecule has 1 unspecified atom stereocenters. The van der Waals surface area contributed by atoms with E-state index in [9.17, 15) is 4.79 Å². The van der Waals surface area contributed by atoms with E-state index in [0.717, 1.165) is 11.3 Å². The monoisotopic (exact) mass is 288 g/mol. The second kappa shape index (κ2) is 8.97. The summed E-state index contributed by atoms with van der Waals surface area (Å²) in [5, 5.41) is 2.92. The number of allylic oxidation sites excluding steroid dienone is 3. The first kappa shape index (κ1) is 17.0. The van der Waals surface area contributed by atoms with Crippen LogP contribution in [0.25, 0.3) is 0 Å². The van der Waals surface area contributed by atoms with E-state index < -0.39 is 0 Å². The van der Waals surface area contributed by atoms with Gasteiger partial charge in [-0.2, -0.15) is 0 Å². The van der Waals surface area contributed by atoms with E-state index >= 15 is 0 Å². The summed E-state index contributed by atoms with van der Waals surface area (Å²) in [7, 11) is 5.63. The lowest BCUT2D eigenvalue weighted by molar-refractivity contribution is -0.116. The van der Waals surface area contributed by atoms with Crippen molar-refractivity contribution in [2.45, 2.75) is 13.0 Å². The normalized spacial score (nSPS) is 13.0. The molecular weight excluding hydrogens is 264 g/mol. The SMILES string of the molecule is CC=CC=CC(=O)NCC(c1ccccc1OC)N(C)C. The number of nitrogens with one attached hydrogen (secondary N) is 1. The molecule has 1 aromatic rings. The number of carbonyl (C=O) groups is 1. The third-order valence-electron chi connectivity index (χ3n) is 3.14. The number of hydrogen-bond acceptors (Lipinski definition) is 3. The molecule has 1 N–H and O–H groups in total. The molecule has 0 radical (unpaired) electrons. The Labute approximate surface area is 127 Å². The van der Waals surface area contributed by atoms with Crippen molar-refractivity contribution >= 4 is 5.91 Å². The molecule has 0 heterocycles. The molecule has 0 aliphatic carbocycles. The summed E-state index contributed by atoms with van der Waals surface area (Å²) < 4.78 is 5.40. The predicted octanol–water partition coefficient (Wildman–Crippen LogP) is 2.55. The van der Waals surface area contributed by atoms with Crippen molar-refractivity contribution in [3.63, 3.8) is 0 Å². The fraction of sp³-hybridized carbons (Fsp3) is 0.353. The summed E-state index contributed by atoms with van der Waals surface area (Å²) in [4.78, 5) is 13.8. The van der Waals surface area contributed by atoms with E-state index in [2.05, 4.69) is 10.2 Å². The van der Waals surface area contributed by atoms with Gasteiger partial charge in [0.25, 0.3) is 0 Å². The van der Waals surface area contributed by atoms with Crippen molar-refractivity contribution in [1.29, 1.82) is 0 Å². The standard InChI is InChI=1S/C17H24N2O2/c1-5-6-7-12-17(20)18-13-15(19(2)3)14-10-8-9-11-16(14)21-4/h5-12,15H,13H2,1-4H3,(H,18,20). The van der Waals surface area contributed by atoms with Crippen LogP contribution in [0.5, 0.6) is 5.75 Å². The fourth-order valence-corrected chi connectivity index (χ4v) is 2.02. The molecule has 0 saturated heterocycles. The molecule has 0 aliphatic heterocycles. The van der Waals surface area contributed by atoms with Crippen LogP contribution in [0.15, 0.2) is 48.6 Å². The molecule has 1 rings (SSSR count). The predicted molar refractivity (Wildman–Crippen MR) is 86.4 cm³/mol. The van der Waals surface area contributed by atoms with E-state index in [0.29, 0.717) is 6.54 Å². The zero-order valence-electron chi connectivity index (χ0n) is 13.2. The molecule has 0 saturated carbocycles. The van der Waals surface area contributed by atoms with Crippen LogP contribution in [-0.2, 0) is 4.79 Å². The summed E-state index contributed by atoms with van der Waals surface area (Å²) in [6, 6.07) is 7.92. The van der Waals surface area contributed by atoms with Gasteiger partial charge in [-0.3, -0.25) is 4.79 Å². The van der Waals surface area contributed by atoms with Gasteiger partial charge in [-0.25, -0.2) is 0 Å². The van der Waals surface area contributed by atoms with Gasteiger partial charge in [0.2, 0.25) is 5.91 Å². The Morgan fingerprint density at radius 3 is 2.67 bits per heavy atom. The molecular formula is C17H24N2O2. The second-order valence-electron chi connectivity index (χ2n) is 4.85. The maximum absolute atomic E-state index is 11.7. The maximum Gasteiger partial charge on any atom is 0.244 e. The lowest BCUT2D eigenvalue weighted by Crippen LogP contribution is -2.33. The van der Waals surface area contributed by atoms with Crippen LogP contribution in [-0.4, -0.2) is 38.6 Å². The van der Waals surface area contributed by atoms with Crippen LogP contribution < -0.4 is 10.1 Å². The Morgan fingerprint density at radius 2 is 2.05 bits per heavy atom. The minimum atomic E-state index is -0.102. The zero-order chi connectivity index (χ0) is 15.7. The minimum Gasteiger partial charge on any atom is -0.496 e. The first-order valence-electron chi connectivity index (χ1n) is 6.96. The number of ether oxygens (including phenoxy) is 1. The van der Waals surface area contributed by atoms with E-state index in [4.69, 9.17) is 4.74 Å². The Balaban J connectivity index is 2.77. The first-order valence-corrected chi connectivity index (χ1v) is 6.96. The summed E-state index contributed by atoms with van der Waals surface area (Å²) in [5.74, 6) is 0.727. The zero-order valence-corrected chi connectivity index (χ0v) is 13.2. The van der Waals surface area contributed by atoms with Crippen LogP contribution in [0.1, 0.15) is 18.5 Å². The summed E-state index contributed by atoms with van der Waals surface area (Å²) >= 11 is 0. The molecule has 4 heteroatoms. The smallest absolute Gasteiger partial charge is 0.244 e. The van der Waals surface area contributed by atoms with Crippen LogP contribution in [0.3, 0.4) is 0 Å². The van der Waals surface area contributed by atoms with Gasteiger partial charge < -0.3 is 15.0 Å². The number of hydrogen-bond donors (Lipinski definition) is 1. The average Bonchev–Trinajstić information content (AvgIpc) is 2.48. The van der Waals surface area contributed by atoms with E-state index in [1.54, 1.807) is 13.2 Å². The van der Waals surface area contributed by atoms with E-state index in [-0.39, 0.29) is 11.9 Å². The summed E-state index contributed by atoms with van der Waals surface area (Å²) in [5.41, 5.74) is 1.06. The van der Waals surface area contributed by atoms with Gasteiger partial charge in [-0.15, -0.1) is 0 Å². The van der Waals surface area contributed by atoms with Crippen molar-refractivity contribution in [3.05, 3.63) is 54.1 Å². The largest absolute Gasteiger partial charge is 0.496 e. The van der Waals surface area contributed by atoms with Crippen molar-refractivity contribution in [2.75, 3.05) is 27.7 Å². The highest BCUT2D eigenvalue weighted by Gasteiger charge is 2.18. The number of benzene rings is 1. The molecule has 0 bridgehead atoms. The molecule has 0 fully saturated rings. The highest BCUT2D eigenvalue weighted by atomic mass is 16.5. The van der Waals surface area contributed by atoms with Crippen molar-refractivity contribution in [1.82, 2.24) is 10.2 Å². The molecule has 1 aromatic carbocycles. The summed E-state index contributed by atoms with van der Waals surface area (Å²) in [6.07, 6.45) is 6.95. The number of methoxy groups -OCH3 is 1. The molecule has 114 valence electrons. The van der Waals surface area contributed by atoms with Gasteiger partial charge >= 0.3 is 0 Å². The van der Waals surface area contributed by atoms with Crippen LogP contribution in [0, 0.1) is 0 Å². The lowest BCUT2D eigenvalue weighted by Gasteiger charge is -2.26. The minimum absolute atomic E-state index is 0.0558. The Bertz CT molecular complexity index is 507. The van der Waals surface area contributed by atoms with Gasteiger partial charge in [-0.1, -0.05) is 36.4 Å². The van der Waals surface area contributed by atoms with E-state index in [1.165, 1.54) is 6.08 Å². The highest BCUT2D eigenvalue weighted by molar-refractivity contribution is 5.87. The quantitative estimate of drug-likeness (QED) is 0.619. The van der Waals surface area contributed by atoms with Crippen molar-refractivity contribution in [2.24, 2.45) is 0 Å². The molecule has 0 aliphatic rings. The Kier molecular flexibility index (Phi) is 7.26. The van der Waals surface area contributed by atoms with Gasteiger partial charge in [0, 0.05) is 18.2 Å². The lowest BCUT2D eigenvalue weighted by atomic mass is 10.0. The van der Waals surface area contributed by atoms with Crippen LogP contribution in [0.4, 0.5) is 0 Å². The number of amides is 1. The Morgan fingerprint density at radius 1 is 1.33 bits per heavy atom. The topological polar surface area (TPSA) is 41.6 Å². The van der Waals surface area contributed by atoms with Gasteiger partial charge in [0.15, 0.2) is 0 Å². The molecule has 1 amide bonds. The fourth-order valence-electron chi connectivity index (χ4n) is 2.02. The molecule has 1 atom stereocenters. The third kappa shape index (κ3) is 5.44. The van der Waals surface area contributed by atoms with E-state index in [1.807, 2.05) is 57.4 Å². The van der Waals surface area contributed by atoms with Crippen LogP contribution in [0.2, 0.25) is 0 Å². The molecule has 0 spiro atoms. The average molecular weight is 288 g/mol. The number of carbonyl (C=O) groups excluding carboxylic acids is 1. The number of likely N-dealkylation sites (N-methyl/N-ethyl adjacent to an activating group) is 1. The number of rotatable bonds is 7. The maximum atomic E-state index is 11.7. The van der Waals surface area contributed by atoms with Gasteiger partial charge in [-0.05, 0) is 27.1 Å². The van der Waals surface area contributed by atoms with Crippen molar-refractivity contribution in [3.8, 4) is 5.75 Å². The molecule has 21 heavy (non-hydrogen) atoms. The first-order chi connectivity index (χ1) is 10.1. The molecule has 4 nitrogen and oxygen atoms in total. The summed E-state index contributed by atoms with van der Waals surface area (Å²) in [6.45, 7) is 2.43. The second-order valence-corrected chi connectivity index (χ2v) is 4.85. The molecule has 0 aromatic heterocycles. The number of para-hydroxylation sites is 1. The van der Waals surface area contributed by atoms with Gasteiger partial charge in [0.1, 0.15) is 5.75 Å². The third-order valence-corrected chi connectivity index (χ3v) is 3.14. The Hall–Kier alpha value is -2.07. The number of nitrogens with zero attached hydrogens (tertiary/aromatic N) is 1. The van der Waals surface area contributed by atoms with Crippen molar-refractivity contribution < 1.29 is 9.53 Å².